The molecule has 3 heteroatoms. The molecule has 0 atom stereocenters. The van der Waals surface area contributed by atoms with Gasteiger partial charge in [0.15, 0.2) is 0 Å². The monoisotopic (exact) mass is 157 g/mol. The van der Waals surface area contributed by atoms with Gasteiger partial charge in [0.05, 0.1) is 0 Å². The van der Waals surface area contributed by atoms with Crippen LogP contribution in [0.3, 0.4) is 0 Å². The van der Waals surface area contributed by atoms with Gasteiger partial charge in [-0.3, -0.25) is 0 Å². The van der Waals surface area contributed by atoms with Crippen molar-refractivity contribution >= 4 is 18.0 Å². The fourth-order valence-electron chi connectivity index (χ4n) is 1.27. The van der Waals surface area contributed by atoms with Crippen LogP contribution in [-0.2, 0) is 4.79 Å². The quantitative estimate of drug-likeness (QED) is 0.349. The number of rotatable bonds is 2. The summed E-state index contributed by atoms with van der Waals surface area (Å²) in [5, 5.41) is 0.593. The topological polar surface area (TPSA) is 29.4 Å². The molecular weight excluding hydrogens is 146 g/mol. The van der Waals surface area contributed by atoms with E-state index in [1.54, 1.807) is 6.08 Å². The first-order chi connectivity index (χ1) is 4.93. The summed E-state index contributed by atoms with van der Waals surface area (Å²) in [5.74, 6) is 0. The highest BCUT2D eigenvalue weighted by Gasteiger charge is 2.12. The van der Waals surface area contributed by atoms with Gasteiger partial charge in [0.1, 0.15) is 0 Å². The van der Waals surface area contributed by atoms with Crippen LogP contribution in [-0.4, -0.2) is 11.3 Å². The van der Waals surface area contributed by atoms with Gasteiger partial charge in [-0.15, -0.1) is 4.40 Å². The summed E-state index contributed by atoms with van der Waals surface area (Å²) in [7, 11) is 0. The summed E-state index contributed by atoms with van der Waals surface area (Å²) in [6.07, 6.45) is 7.93. The molecular formula is C7H11NOS. The van der Waals surface area contributed by atoms with Crippen LogP contribution in [0.4, 0.5) is 0 Å². The zero-order valence-electron chi connectivity index (χ0n) is 5.88. The number of isocyanates is 1. The van der Waals surface area contributed by atoms with Crippen molar-refractivity contribution in [3.63, 3.8) is 0 Å². The van der Waals surface area contributed by atoms with Crippen LogP contribution < -0.4 is 0 Å². The molecule has 0 aromatic rings. The summed E-state index contributed by atoms with van der Waals surface area (Å²) < 4.78 is 3.51. The molecule has 0 bridgehead atoms. The Labute approximate surface area is 65.2 Å². The van der Waals surface area contributed by atoms with Crippen molar-refractivity contribution in [2.75, 3.05) is 0 Å². The number of hydrogen-bond donors (Lipinski definition) is 0. The molecule has 0 unspecified atom stereocenters. The molecule has 1 fully saturated rings. The average molecular weight is 157 g/mol. The Hall–Kier alpha value is -0.270. The minimum absolute atomic E-state index is 0.593. The zero-order valence-corrected chi connectivity index (χ0v) is 6.69. The number of hydrogen-bond acceptors (Lipinski definition) is 3. The highest BCUT2D eigenvalue weighted by atomic mass is 32.2. The molecule has 1 rings (SSSR count). The first-order valence-corrected chi connectivity index (χ1v) is 4.50. The van der Waals surface area contributed by atoms with E-state index >= 15 is 0 Å². The van der Waals surface area contributed by atoms with Crippen molar-refractivity contribution in [3.8, 4) is 0 Å². The van der Waals surface area contributed by atoms with E-state index in [9.17, 15) is 4.79 Å². The Balaban J connectivity index is 2.19. The van der Waals surface area contributed by atoms with Gasteiger partial charge in [-0.25, -0.2) is 4.79 Å². The summed E-state index contributed by atoms with van der Waals surface area (Å²) in [6, 6.07) is 0. The van der Waals surface area contributed by atoms with Crippen molar-refractivity contribution in [3.05, 3.63) is 0 Å². The molecule has 0 aliphatic heterocycles. The van der Waals surface area contributed by atoms with Gasteiger partial charge in [-0.1, -0.05) is 19.3 Å². The van der Waals surface area contributed by atoms with Gasteiger partial charge in [0.25, 0.3) is 0 Å². The Morgan fingerprint density at radius 1 is 1.30 bits per heavy atom. The second-order valence-corrected chi connectivity index (χ2v) is 3.61. The van der Waals surface area contributed by atoms with E-state index in [0.717, 1.165) is 0 Å². The van der Waals surface area contributed by atoms with Crippen molar-refractivity contribution in [2.24, 2.45) is 4.40 Å². The van der Waals surface area contributed by atoms with Gasteiger partial charge in [0.2, 0.25) is 6.08 Å². The molecule has 56 valence electrons. The molecule has 2 nitrogen and oxygen atoms in total. The van der Waals surface area contributed by atoms with Crippen LogP contribution in [0.15, 0.2) is 4.40 Å². The SMILES string of the molecule is O=C=NSC1CCCCC1. The van der Waals surface area contributed by atoms with Gasteiger partial charge < -0.3 is 0 Å². The molecule has 1 aliphatic carbocycles. The smallest absolute Gasteiger partial charge is 0.210 e. The minimum atomic E-state index is 0.593. The third kappa shape index (κ3) is 2.54. The van der Waals surface area contributed by atoms with Crippen LogP contribution in [0.1, 0.15) is 32.1 Å². The lowest BCUT2D eigenvalue weighted by atomic mass is 10.0. The molecule has 1 aliphatic rings. The summed E-state index contributed by atoms with van der Waals surface area (Å²) in [5.41, 5.74) is 0. The van der Waals surface area contributed by atoms with E-state index in [2.05, 4.69) is 4.40 Å². The van der Waals surface area contributed by atoms with Crippen LogP contribution in [0.25, 0.3) is 0 Å². The largest absolute Gasteiger partial charge is 0.247 e. The van der Waals surface area contributed by atoms with Gasteiger partial charge in [0, 0.05) is 5.25 Å². The fourth-order valence-corrected chi connectivity index (χ4v) is 2.00. The van der Waals surface area contributed by atoms with Crippen molar-refractivity contribution in [2.45, 2.75) is 37.4 Å². The van der Waals surface area contributed by atoms with Crippen molar-refractivity contribution in [1.82, 2.24) is 0 Å². The first-order valence-electron chi connectivity index (χ1n) is 3.66. The summed E-state index contributed by atoms with van der Waals surface area (Å²) in [6.45, 7) is 0. The van der Waals surface area contributed by atoms with Crippen LogP contribution in [0.5, 0.6) is 0 Å². The minimum Gasteiger partial charge on any atom is -0.210 e. The predicted octanol–water partition coefficient (Wildman–Crippen LogP) is 2.30. The lowest BCUT2D eigenvalue weighted by Crippen LogP contribution is -2.06. The zero-order chi connectivity index (χ0) is 7.23. The molecule has 0 aromatic heterocycles. The number of carbonyl (C=O) groups excluding carboxylic acids is 1. The molecule has 0 radical (unpaired) electrons. The average Bonchev–Trinajstić information content (AvgIpc) is 2.03. The number of nitrogens with zero attached hydrogens (tertiary/aromatic N) is 1. The molecule has 0 spiro atoms. The van der Waals surface area contributed by atoms with E-state index in [1.165, 1.54) is 44.1 Å². The second kappa shape index (κ2) is 4.53. The Kier molecular flexibility index (Phi) is 3.55. The normalized spacial score (nSPS) is 20.0. The summed E-state index contributed by atoms with van der Waals surface area (Å²) >= 11 is 1.40. The fraction of sp³-hybridized carbons (Fsp3) is 0.857. The lowest BCUT2D eigenvalue weighted by Gasteiger charge is -2.17. The highest BCUT2D eigenvalue weighted by molar-refractivity contribution is 7.98. The third-order valence-corrected chi connectivity index (χ3v) is 2.74. The molecule has 1 saturated carbocycles. The molecule has 0 amide bonds. The van der Waals surface area contributed by atoms with Crippen LogP contribution in [0.2, 0.25) is 0 Å². The van der Waals surface area contributed by atoms with Gasteiger partial charge >= 0.3 is 0 Å². The van der Waals surface area contributed by atoms with E-state index in [4.69, 9.17) is 0 Å². The van der Waals surface area contributed by atoms with Crippen molar-refractivity contribution < 1.29 is 4.79 Å². The highest BCUT2D eigenvalue weighted by Crippen LogP contribution is 2.28. The standard InChI is InChI=1S/C7H11NOS/c9-6-8-10-7-4-2-1-3-5-7/h7H,1-5H2. The molecule has 0 heterocycles. The maximum atomic E-state index is 9.74. The molecule has 0 N–H and O–H groups in total. The van der Waals surface area contributed by atoms with Gasteiger partial charge in [-0.2, -0.15) is 0 Å². The molecule has 0 saturated heterocycles. The van der Waals surface area contributed by atoms with Crippen LogP contribution in [0, 0.1) is 0 Å². The van der Waals surface area contributed by atoms with Gasteiger partial charge in [-0.05, 0) is 24.8 Å². The van der Waals surface area contributed by atoms with E-state index < -0.39 is 0 Å². The summed E-state index contributed by atoms with van der Waals surface area (Å²) in [4.78, 5) is 9.74. The Morgan fingerprint density at radius 3 is 2.60 bits per heavy atom. The third-order valence-electron chi connectivity index (χ3n) is 1.79. The molecule has 10 heavy (non-hydrogen) atoms. The maximum absolute atomic E-state index is 9.74. The van der Waals surface area contributed by atoms with E-state index in [-0.39, 0.29) is 0 Å². The van der Waals surface area contributed by atoms with Crippen LogP contribution >= 0.6 is 11.9 Å². The predicted molar refractivity (Wildman–Crippen MR) is 42.6 cm³/mol. The van der Waals surface area contributed by atoms with E-state index in [1.807, 2.05) is 0 Å². The van der Waals surface area contributed by atoms with Crippen molar-refractivity contribution in [1.29, 1.82) is 0 Å². The maximum Gasteiger partial charge on any atom is 0.247 e. The Morgan fingerprint density at radius 2 is 2.00 bits per heavy atom. The lowest BCUT2D eigenvalue weighted by molar-refractivity contribution is 0.516. The molecule has 0 aromatic carbocycles. The first kappa shape index (κ1) is 7.83. The Bertz CT molecular complexity index is 137. The van der Waals surface area contributed by atoms with E-state index in [0.29, 0.717) is 5.25 Å². The second-order valence-electron chi connectivity index (χ2n) is 2.55.